The fraction of sp³-hybridized carbons (Fsp3) is 0.167. The van der Waals surface area contributed by atoms with Crippen LogP contribution in [0.25, 0.3) is 11.1 Å². The van der Waals surface area contributed by atoms with Gasteiger partial charge in [0.15, 0.2) is 17.6 Å². The predicted molar refractivity (Wildman–Crippen MR) is 117 cm³/mol. The molecule has 0 saturated carbocycles. The van der Waals surface area contributed by atoms with Crippen LogP contribution in [0, 0.1) is 0 Å². The minimum atomic E-state index is -0.812. The predicted octanol–water partition coefficient (Wildman–Crippen LogP) is 3.60. The molecule has 2 amide bonds. The molecule has 0 saturated heterocycles. The van der Waals surface area contributed by atoms with Crippen molar-refractivity contribution in [2.45, 2.75) is 13.0 Å². The lowest BCUT2D eigenvalue weighted by molar-refractivity contribution is -0.128. The molecule has 0 spiro atoms. The van der Waals surface area contributed by atoms with Gasteiger partial charge in [-0.25, -0.2) is 0 Å². The van der Waals surface area contributed by atoms with Crippen LogP contribution in [0.5, 0.6) is 17.2 Å². The van der Waals surface area contributed by atoms with E-state index in [1.165, 1.54) is 20.3 Å². The second kappa shape index (κ2) is 10.2. The maximum Gasteiger partial charge on any atom is 0.279 e. The lowest BCUT2D eigenvalue weighted by Gasteiger charge is -2.16. The monoisotopic (exact) mass is 420 g/mol. The summed E-state index contributed by atoms with van der Waals surface area (Å²) in [6.45, 7) is 1.60. The van der Waals surface area contributed by atoms with Gasteiger partial charge in [0.05, 0.1) is 14.2 Å². The largest absolute Gasteiger partial charge is 0.493 e. The highest BCUT2D eigenvalue weighted by molar-refractivity contribution is 5.96. The summed E-state index contributed by atoms with van der Waals surface area (Å²) in [4.78, 5) is 24.6. The Morgan fingerprint density at radius 3 is 2.06 bits per heavy atom. The molecule has 0 aliphatic heterocycles. The first kappa shape index (κ1) is 21.7. The maximum absolute atomic E-state index is 12.3. The van der Waals surface area contributed by atoms with Crippen LogP contribution in [0.1, 0.15) is 17.3 Å². The summed E-state index contributed by atoms with van der Waals surface area (Å²) in [5, 5.41) is 0. The number of hydrazine groups is 1. The van der Waals surface area contributed by atoms with Crippen LogP contribution in [-0.2, 0) is 4.79 Å². The van der Waals surface area contributed by atoms with Crippen LogP contribution >= 0.6 is 0 Å². The Hall–Kier alpha value is -4.00. The normalized spacial score (nSPS) is 11.2. The van der Waals surface area contributed by atoms with Gasteiger partial charge in [-0.2, -0.15) is 0 Å². The molecule has 0 aliphatic carbocycles. The highest BCUT2D eigenvalue weighted by Gasteiger charge is 2.17. The molecule has 0 fully saturated rings. The third-order valence-corrected chi connectivity index (χ3v) is 4.59. The third kappa shape index (κ3) is 5.54. The SMILES string of the molecule is COc1ccc(C(=O)NNC(=O)C(C)Oc2ccc(-c3ccccc3)cc2)cc1OC. The molecule has 3 aromatic rings. The van der Waals surface area contributed by atoms with E-state index >= 15 is 0 Å². The highest BCUT2D eigenvalue weighted by Crippen LogP contribution is 2.27. The molecule has 3 rings (SSSR count). The number of amides is 2. The summed E-state index contributed by atoms with van der Waals surface area (Å²) in [6.07, 6.45) is -0.812. The minimum Gasteiger partial charge on any atom is -0.493 e. The van der Waals surface area contributed by atoms with Crippen molar-refractivity contribution >= 4 is 11.8 Å². The zero-order chi connectivity index (χ0) is 22.2. The number of ether oxygens (including phenoxy) is 3. The van der Waals surface area contributed by atoms with E-state index in [1.807, 2.05) is 42.5 Å². The molecule has 0 aromatic heterocycles. The fourth-order valence-corrected chi connectivity index (χ4v) is 2.88. The van der Waals surface area contributed by atoms with E-state index in [0.717, 1.165) is 11.1 Å². The number of nitrogens with one attached hydrogen (secondary N) is 2. The molecule has 3 aromatic carbocycles. The molecule has 7 nitrogen and oxygen atoms in total. The Morgan fingerprint density at radius 2 is 1.42 bits per heavy atom. The van der Waals surface area contributed by atoms with Crippen LogP contribution in [0.15, 0.2) is 72.8 Å². The number of carbonyl (C=O) groups is 2. The number of hydrogen-bond donors (Lipinski definition) is 2. The molecule has 0 bridgehead atoms. The van der Waals surface area contributed by atoms with E-state index in [0.29, 0.717) is 22.8 Å². The Balaban J connectivity index is 1.54. The lowest BCUT2D eigenvalue weighted by atomic mass is 10.1. The molecule has 31 heavy (non-hydrogen) atoms. The standard InChI is InChI=1S/C24H24N2O5/c1-16(31-20-12-9-18(10-13-20)17-7-5-4-6-8-17)23(27)25-26-24(28)19-11-14-21(29-2)22(15-19)30-3/h4-16H,1-3H3,(H,25,27)(H,26,28). The molecule has 160 valence electrons. The van der Waals surface area contributed by atoms with Gasteiger partial charge in [0.2, 0.25) is 0 Å². The van der Waals surface area contributed by atoms with Crippen molar-refractivity contribution in [3.63, 3.8) is 0 Å². The Labute approximate surface area is 180 Å². The first-order chi connectivity index (χ1) is 15.0. The molecule has 0 radical (unpaired) electrons. The van der Waals surface area contributed by atoms with Gasteiger partial charge in [-0.15, -0.1) is 0 Å². The van der Waals surface area contributed by atoms with E-state index in [1.54, 1.807) is 31.2 Å². The van der Waals surface area contributed by atoms with Gasteiger partial charge in [-0.3, -0.25) is 20.4 Å². The number of methoxy groups -OCH3 is 2. The molecule has 1 unspecified atom stereocenters. The van der Waals surface area contributed by atoms with Crippen molar-refractivity contribution in [2.24, 2.45) is 0 Å². The van der Waals surface area contributed by atoms with Crippen molar-refractivity contribution in [2.75, 3.05) is 14.2 Å². The van der Waals surface area contributed by atoms with Gasteiger partial charge < -0.3 is 14.2 Å². The molecule has 0 heterocycles. The lowest BCUT2D eigenvalue weighted by Crippen LogP contribution is -2.47. The van der Waals surface area contributed by atoms with Crippen molar-refractivity contribution in [1.29, 1.82) is 0 Å². The molecule has 7 heteroatoms. The second-order valence-corrected chi connectivity index (χ2v) is 6.66. The topological polar surface area (TPSA) is 85.9 Å². The minimum absolute atomic E-state index is 0.308. The van der Waals surface area contributed by atoms with Gasteiger partial charge in [0.25, 0.3) is 11.8 Å². The summed E-state index contributed by atoms with van der Waals surface area (Å²) in [6, 6.07) is 22.1. The quantitative estimate of drug-likeness (QED) is 0.571. The third-order valence-electron chi connectivity index (χ3n) is 4.59. The van der Waals surface area contributed by atoms with Crippen molar-refractivity contribution < 1.29 is 23.8 Å². The van der Waals surface area contributed by atoms with Crippen molar-refractivity contribution in [3.8, 4) is 28.4 Å². The Morgan fingerprint density at radius 1 is 0.774 bits per heavy atom. The van der Waals surface area contributed by atoms with E-state index in [-0.39, 0.29) is 0 Å². The molecule has 2 N–H and O–H groups in total. The maximum atomic E-state index is 12.3. The fourth-order valence-electron chi connectivity index (χ4n) is 2.88. The molecule has 0 aliphatic rings. The van der Waals surface area contributed by atoms with E-state index in [4.69, 9.17) is 14.2 Å². The highest BCUT2D eigenvalue weighted by atomic mass is 16.5. The Kier molecular flexibility index (Phi) is 7.11. The average molecular weight is 420 g/mol. The van der Waals surface area contributed by atoms with Crippen LogP contribution in [-0.4, -0.2) is 32.1 Å². The summed E-state index contributed by atoms with van der Waals surface area (Å²) in [7, 11) is 2.99. The second-order valence-electron chi connectivity index (χ2n) is 6.66. The van der Waals surface area contributed by atoms with E-state index in [2.05, 4.69) is 10.9 Å². The first-order valence-corrected chi connectivity index (χ1v) is 9.66. The first-order valence-electron chi connectivity index (χ1n) is 9.66. The number of benzene rings is 3. The Bertz CT molecular complexity index is 1040. The van der Waals surface area contributed by atoms with Crippen LogP contribution in [0.2, 0.25) is 0 Å². The summed E-state index contributed by atoms with van der Waals surface area (Å²) in [5.41, 5.74) is 7.19. The van der Waals surface area contributed by atoms with Crippen LogP contribution in [0.3, 0.4) is 0 Å². The smallest absolute Gasteiger partial charge is 0.279 e. The molecular formula is C24H24N2O5. The summed E-state index contributed by atoms with van der Waals surface area (Å²) in [5.74, 6) is 0.490. The van der Waals surface area contributed by atoms with Gasteiger partial charge in [-0.05, 0) is 48.4 Å². The zero-order valence-corrected chi connectivity index (χ0v) is 17.5. The van der Waals surface area contributed by atoms with Gasteiger partial charge in [0.1, 0.15) is 5.75 Å². The molecular weight excluding hydrogens is 396 g/mol. The van der Waals surface area contributed by atoms with Crippen LogP contribution in [0.4, 0.5) is 0 Å². The van der Waals surface area contributed by atoms with Gasteiger partial charge in [-0.1, -0.05) is 42.5 Å². The number of carbonyl (C=O) groups excluding carboxylic acids is 2. The average Bonchev–Trinajstić information content (AvgIpc) is 2.82. The summed E-state index contributed by atoms with van der Waals surface area (Å²) < 4.78 is 16.0. The summed E-state index contributed by atoms with van der Waals surface area (Å²) >= 11 is 0. The van der Waals surface area contributed by atoms with Gasteiger partial charge in [0, 0.05) is 5.56 Å². The van der Waals surface area contributed by atoms with Gasteiger partial charge >= 0.3 is 0 Å². The zero-order valence-electron chi connectivity index (χ0n) is 17.5. The number of hydrogen-bond acceptors (Lipinski definition) is 5. The van der Waals surface area contributed by atoms with Crippen LogP contribution < -0.4 is 25.1 Å². The van der Waals surface area contributed by atoms with Crippen molar-refractivity contribution in [3.05, 3.63) is 78.4 Å². The van der Waals surface area contributed by atoms with E-state index < -0.39 is 17.9 Å². The molecule has 1 atom stereocenters. The number of rotatable bonds is 7. The van der Waals surface area contributed by atoms with Crippen molar-refractivity contribution in [1.82, 2.24) is 10.9 Å². The van der Waals surface area contributed by atoms with E-state index in [9.17, 15) is 9.59 Å².